The lowest BCUT2D eigenvalue weighted by Gasteiger charge is -2.34. The Morgan fingerprint density at radius 3 is 2.72 bits per heavy atom. The van der Waals surface area contributed by atoms with Gasteiger partial charge in [-0.1, -0.05) is 32.6 Å². The lowest BCUT2D eigenvalue weighted by Crippen LogP contribution is -2.44. The van der Waals surface area contributed by atoms with E-state index < -0.39 is 0 Å². The van der Waals surface area contributed by atoms with Gasteiger partial charge >= 0.3 is 0 Å². The minimum atomic E-state index is 0.213. The van der Waals surface area contributed by atoms with Crippen molar-refractivity contribution in [3.8, 4) is 0 Å². The quantitative estimate of drug-likeness (QED) is 0.710. The number of rotatable bonds is 7. The summed E-state index contributed by atoms with van der Waals surface area (Å²) in [6.45, 7) is 6.10. The van der Waals surface area contributed by atoms with Gasteiger partial charge in [0.15, 0.2) is 0 Å². The van der Waals surface area contributed by atoms with Crippen LogP contribution in [-0.2, 0) is 4.79 Å². The van der Waals surface area contributed by atoms with E-state index in [1.54, 1.807) is 0 Å². The van der Waals surface area contributed by atoms with Gasteiger partial charge in [0.1, 0.15) is 0 Å². The molecule has 0 aromatic heterocycles. The van der Waals surface area contributed by atoms with Gasteiger partial charge in [0.05, 0.1) is 0 Å². The lowest BCUT2D eigenvalue weighted by molar-refractivity contribution is -0.133. The normalized spacial score (nSPS) is 21.9. The van der Waals surface area contributed by atoms with Crippen molar-refractivity contribution in [1.29, 1.82) is 0 Å². The summed E-state index contributed by atoms with van der Waals surface area (Å²) >= 11 is 0. The van der Waals surface area contributed by atoms with Gasteiger partial charge in [-0.15, -0.1) is 0 Å². The molecular weight excluding hydrogens is 224 g/mol. The van der Waals surface area contributed by atoms with Crippen LogP contribution in [-0.4, -0.2) is 29.9 Å². The lowest BCUT2D eigenvalue weighted by atomic mass is 9.92. The minimum Gasteiger partial charge on any atom is -0.342 e. The standard InChI is InChI=1S/C15H30N2O/c1-3-4-5-6-7-10-15(18)17-11-8-9-14(12-17)13(2)16/h13-14H,3-12,16H2,1-2H3. The van der Waals surface area contributed by atoms with Crippen molar-refractivity contribution in [2.45, 2.75) is 71.3 Å². The summed E-state index contributed by atoms with van der Waals surface area (Å²) in [4.78, 5) is 14.1. The molecule has 2 N–H and O–H groups in total. The van der Waals surface area contributed by atoms with Crippen LogP contribution in [0.15, 0.2) is 0 Å². The van der Waals surface area contributed by atoms with Crippen LogP contribution in [0, 0.1) is 5.92 Å². The van der Waals surface area contributed by atoms with Gasteiger partial charge in [-0.05, 0) is 32.1 Å². The maximum atomic E-state index is 12.1. The molecule has 3 heteroatoms. The van der Waals surface area contributed by atoms with Crippen molar-refractivity contribution in [1.82, 2.24) is 4.90 Å². The Kier molecular flexibility index (Phi) is 7.33. The molecule has 1 amide bonds. The average molecular weight is 254 g/mol. The Hall–Kier alpha value is -0.570. The molecule has 18 heavy (non-hydrogen) atoms. The number of hydrogen-bond acceptors (Lipinski definition) is 2. The molecule has 1 aliphatic rings. The summed E-state index contributed by atoms with van der Waals surface area (Å²) in [5.74, 6) is 0.847. The second-order valence-corrected chi connectivity index (χ2v) is 5.77. The highest BCUT2D eigenvalue weighted by molar-refractivity contribution is 5.76. The zero-order valence-electron chi connectivity index (χ0n) is 12.2. The summed E-state index contributed by atoms with van der Waals surface area (Å²) in [5.41, 5.74) is 5.95. The largest absolute Gasteiger partial charge is 0.342 e. The van der Waals surface area contributed by atoms with Gasteiger partial charge in [0.25, 0.3) is 0 Å². The van der Waals surface area contributed by atoms with Gasteiger partial charge in [-0.3, -0.25) is 4.79 Å². The number of carbonyl (C=O) groups is 1. The fourth-order valence-electron chi connectivity index (χ4n) is 2.70. The molecular formula is C15H30N2O. The molecule has 1 heterocycles. The highest BCUT2D eigenvalue weighted by Gasteiger charge is 2.25. The Bertz CT molecular complexity index is 241. The summed E-state index contributed by atoms with van der Waals surface area (Å²) < 4.78 is 0. The maximum absolute atomic E-state index is 12.1. The summed E-state index contributed by atoms with van der Waals surface area (Å²) in [5, 5.41) is 0. The monoisotopic (exact) mass is 254 g/mol. The van der Waals surface area contributed by atoms with Crippen molar-refractivity contribution in [2.24, 2.45) is 11.7 Å². The minimum absolute atomic E-state index is 0.213. The van der Waals surface area contributed by atoms with Crippen LogP contribution in [0.3, 0.4) is 0 Å². The van der Waals surface area contributed by atoms with Crippen LogP contribution < -0.4 is 5.73 Å². The SMILES string of the molecule is CCCCCCCC(=O)N1CCCC(C(C)N)C1. The van der Waals surface area contributed by atoms with E-state index >= 15 is 0 Å². The number of hydrogen-bond donors (Lipinski definition) is 1. The summed E-state index contributed by atoms with van der Waals surface area (Å²) in [7, 11) is 0. The molecule has 1 fully saturated rings. The molecule has 106 valence electrons. The highest BCUT2D eigenvalue weighted by Crippen LogP contribution is 2.20. The molecule has 1 aliphatic heterocycles. The molecule has 2 atom stereocenters. The van der Waals surface area contributed by atoms with Crippen molar-refractivity contribution >= 4 is 5.91 Å². The second kappa shape index (κ2) is 8.52. The first-order valence-corrected chi connectivity index (χ1v) is 7.68. The van der Waals surface area contributed by atoms with Crippen LogP contribution in [0.4, 0.5) is 0 Å². The molecule has 1 rings (SSSR count). The molecule has 2 unspecified atom stereocenters. The number of nitrogens with zero attached hydrogens (tertiary/aromatic N) is 1. The number of amides is 1. The van der Waals surface area contributed by atoms with E-state index in [0.29, 0.717) is 11.8 Å². The fraction of sp³-hybridized carbons (Fsp3) is 0.933. The smallest absolute Gasteiger partial charge is 0.222 e. The average Bonchev–Trinajstić information content (AvgIpc) is 2.38. The van der Waals surface area contributed by atoms with E-state index in [9.17, 15) is 4.79 Å². The zero-order chi connectivity index (χ0) is 13.4. The first-order chi connectivity index (χ1) is 8.65. The maximum Gasteiger partial charge on any atom is 0.222 e. The Labute approximate surface area is 112 Å². The van der Waals surface area contributed by atoms with E-state index in [1.165, 1.54) is 32.1 Å². The Morgan fingerprint density at radius 2 is 2.06 bits per heavy atom. The predicted octanol–water partition coefficient (Wildman–Crippen LogP) is 2.93. The third-order valence-electron chi connectivity index (χ3n) is 4.05. The third-order valence-corrected chi connectivity index (χ3v) is 4.05. The fourth-order valence-corrected chi connectivity index (χ4v) is 2.70. The molecule has 3 nitrogen and oxygen atoms in total. The van der Waals surface area contributed by atoms with Crippen LogP contribution in [0.5, 0.6) is 0 Å². The van der Waals surface area contributed by atoms with Crippen LogP contribution in [0.1, 0.15) is 65.2 Å². The van der Waals surface area contributed by atoms with E-state index in [2.05, 4.69) is 13.8 Å². The Balaban J connectivity index is 2.20. The predicted molar refractivity (Wildman–Crippen MR) is 76.3 cm³/mol. The molecule has 0 aromatic carbocycles. The first kappa shape index (κ1) is 15.5. The van der Waals surface area contributed by atoms with Gasteiger partial charge in [0.2, 0.25) is 5.91 Å². The molecule has 0 spiro atoms. The summed E-state index contributed by atoms with van der Waals surface area (Å²) in [6, 6.07) is 0.213. The van der Waals surface area contributed by atoms with Gasteiger partial charge < -0.3 is 10.6 Å². The number of nitrogens with two attached hydrogens (primary N) is 1. The van der Waals surface area contributed by atoms with Crippen molar-refractivity contribution < 1.29 is 4.79 Å². The van der Waals surface area contributed by atoms with Gasteiger partial charge in [-0.25, -0.2) is 0 Å². The van der Waals surface area contributed by atoms with Crippen molar-refractivity contribution in [2.75, 3.05) is 13.1 Å². The molecule has 0 aliphatic carbocycles. The van der Waals surface area contributed by atoms with E-state index in [4.69, 9.17) is 5.73 Å². The van der Waals surface area contributed by atoms with Crippen LogP contribution in [0.25, 0.3) is 0 Å². The third kappa shape index (κ3) is 5.38. The molecule has 0 saturated carbocycles. The molecule has 1 saturated heterocycles. The topological polar surface area (TPSA) is 46.3 Å². The number of unbranched alkanes of at least 4 members (excludes halogenated alkanes) is 4. The van der Waals surface area contributed by atoms with Gasteiger partial charge in [-0.2, -0.15) is 0 Å². The van der Waals surface area contributed by atoms with Crippen LogP contribution in [0.2, 0.25) is 0 Å². The number of carbonyl (C=O) groups excluding carboxylic acids is 1. The highest BCUT2D eigenvalue weighted by atomic mass is 16.2. The van der Waals surface area contributed by atoms with Crippen molar-refractivity contribution in [3.05, 3.63) is 0 Å². The van der Waals surface area contributed by atoms with E-state index in [1.807, 2.05) is 4.90 Å². The van der Waals surface area contributed by atoms with Crippen molar-refractivity contribution in [3.63, 3.8) is 0 Å². The Morgan fingerprint density at radius 1 is 1.33 bits per heavy atom. The number of piperidine rings is 1. The first-order valence-electron chi connectivity index (χ1n) is 7.68. The van der Waals surface area contributed by atoms with E-state index in [0.717, 1.165) is 32.4 Å². The molecule has 0 bridgehead atoms. The number of likely N-dealkylation sites (tertiary alicyclic amines) is 1. The summed E-state index contributed by atoms with van der Waals surface area (Å²) in [6.07, 6.45) is 9.11. The second-order valence-electron chi connectivity index (χ2n) is 5.77. The van der Waals surface area contributed by atoms with Crippen LogP contribution >= 0.6 is 0 Å². The zero-order valence-corrected chi connectivity index (χ0v) is 12.2. The molecule has 0 radical (unpaired) electrons. The van der Waals surface area contributed by atoms with Gasteiger partial charge in [0, 0.05) is 25.6 Å². The van der Waals surface area contributed by atoms with E-state index in [-0.39, 0.29) is 6.04 Å². The molecule has 0 aromatic rings.